The number of unbranched alkanes of at least 4 members (excludes halogenated alkanes) is 3. The van der Waals surface area contributed by atoms with Crippen molar-refractivity contribution in [2.75, 3.05) is 23.9 Å². The van der Waals surface area contributed by atoms with Crippen molar-refractivity contribution in [1.82, 2.24) is 10.2 Å². The topological polar surface area (TPSA) is 61.6 Å². The molecule has 0 fully saturated rings. The molecule has 1 N–H and O–H groups in total. The lowest BCUT2D eigenvalue weighted by Crippen LogP contribution is -2.11. The first kappa shape index (κ1) is 17.8. The van der Waals surface area contributed by atoms with Crippen LogP contribution in [0.2, 0.25) is 0 Å². The van der Waals surface area contributed by atoms with Crippen molar-refractivity contribution >= 4 is 17.6 Å². The molecule has 0 unspecified atom stereocenters. The minimum absolute atomic E-state index is 0.649. The third-order valence-corrected chi connectivity index (χ3v) is 4.22. The number of anilines is 1. The third kappa shape index (κ3) is 5.55. The standard InChI is InChI=1S/C16H26N4S/c1-4-13-14(12-17)16(20-19-15(13)5-2)18-10-8-6-7-9-11-21-3/h4-11H2,1-3H3,(H,18,20). The molecule has 0 aliphatic heterocycles. The molecule has 1 heterocycles. The summed E-state index contributed by atoms with van der Waals surface area (Å²) in [5.74, 6) is 1.89. The van der Waals surface area contributed by atoms with Gasteiger partial charge in [0.2, 0.25) is 0 Å². The average Bonchev–Trinajstić information content (AvgIpc) is 2.52. The molecule has 21 heavy (non-hydrogen) atoms. The highest BCUT2D eigenvalue weighted by molar-refractivity contribution is 7.98. The van der Waals surface area contributed by atoms with Gasteiger partial charge in [0.25, 0.3) is 0 Å². The highest BCUT2D eigenvalue weighted by Gasteiger charge is 2.13. The number of aromatic nitrogens is 2. The Bertz CT molecular complexity index is 468. The molecule has 116 valence electrons. The summed E-state index contributed by atoms with van der Waals surface area (Å²) in [5, 5.41) is 21.1. The zero-order chi connectivity index (χ0) is 15.5. The van der Waals surface area contributed by atoms with Gasteiger partial charge in [-0.3, -0.25) is 0 Å². The Morgan fingerprint density at radius 2 is 1.86 bits per heavy atom. The van der Waals surface area contributed by atoms with Crippen LogP contribution in [0.4, 0.5) is 5.82 Å². The number of nitriles is 1. The lowest BCUT2D eigenvalue weighted by Gasteiger charge is -2.11. The first-order valence-electron chi connectivity index (χ1n) is 7.79. The van der Waals surface area contributed by atoms with Crippen LogP contribution in [0.25, 0.3) is 0 Å². The molecule has 1 rings (SSSR count). The molecule has 0 aliphatic rings. The summed E-state index contributed by atoms with van der Waals surface area (Å²) < 4.78 is 0. The summed E-state index contributed by atoms with van der Waals surface area (Å²) in [6.07, 6.45) is 8.68. The number of nitrogens with one attached hydrogen (secondary N) is 1. The largest absolute Gasteiger partial charge is 0.367 e. The maximum atomic E-state index is 9.39. The quantitative estimate of drug-likeness (QED) is 0.666. The van der Waals surface area contributed by atoms with Crippen LogP contribution in [-0.4, -0.2) is 28.8 Å². The smallest absolute Gasteiger partial charge is 0.166 e. The van der Waals surface area contributed by atoms with Crippen LogP contribution in [0.15, 0.2) is 0 Å². The zero-order valence-electron chi connectivity index (χ0n) is 13.4. The summed E-state index contributed by atoms with van der Waals surface area (Å²) in [6, 6.07) is 2.29. The van der Waals surface area contributed by atoms with Gasteiger partial charge >= 0.3 is 0 Å². The van der Waals surface area contributed by atoms with Gasteiger partial charge in [0.05, 0.1) is 5.69 Å². The summed E-state index contributed by atoms with van der Waals surface area (Å²) in [5.41, 5.74) is 2.65. The molecule has 0 bridgehead atoms. The SMILES string of the molecule is CCc1nnc(NCCCCCCSC)c(C#N)c1CC. The average molecular weight is 306 g/mol. The van der Waals surface area contributed by atoms with E-state index < -0.39 is 0 Å². The zero-order valence-corrected chi connectivity index (χ0v) is 14.2. The van der Waals surface area contributed by atoms with E-state index >= 15 is 0 Å². The number of hydrogen-bond acceptors (Lipinski definition) is 5. The van der Waals surface area contributed by atoms with Crippen LogP contribution in [0.5, 0.6) is 0 Å². The second-order valence-corrected chi connectivity index (χ2v) is 5.99. The van der Waals surface area contributed by atoms with Crippen LogP contribution in [0, 0.1) is 11.3 Å². The molecule has 5 heteroatoms. The highest BCUT2D eigenvalue weighted by atomic mass is 32.2. The molecule has 0 aliphatic carbocycles. The van der Waals surface area contributed by atoms with E-state index in [2.05, 4.69) is 34.8 Å². The van der Waals surface area contributed by atoms with Gasteiger partial charge in [-0.15, -0.1) is 5.10 Å². The second kappa shape index (κ2) is 10.4. The summed E-state index contributed by atoms with van der Waals surface area (Å²) in [6.45, 7) is 4.97. The maximum Gasteiger partial charge on any atom is 0.166 e. The number of aryl methyl sites for hydroxylation is 1. The van der Waals surface area contributed by atoms with Gasteiger partial charge in [-0.25, -0.2) is 0 Å². The molecular weight excluding hydrogens is 280 g/mol. The molecule has 1 aromatic rings. The Balaban J connectivity index is 2.54. The predicted molar refractivity (Wildman–Crippen MR) is 90.8 cm³/mol. The van der Waals surface area contributed by atoms with Gasteiger partial charge in [-0.05, 0) is 43.3 Å². The second-order valence-electron chi connectivity index (χ2n) is 5.00. The Morgan fingerprint density at radius 3 is 2.48 bits per heavy atom. The minimum Gasteiger partial charge on any atom is -0.367 e. The first-order chi connectivity index (χ1) is 10.3. The van der Waals surface area contributed by atoms with Crippen LogP contribution >= 0.6 is 11.8 Å². The Morgan fingerprint density at radius 1 is 1.10 bits per heavy atom. The van der Waals surface area contributed by atoms with Gasteiger partial charge in [0, 0.05) is 6.54 Å². The van der Waals surface area contributed by atoms with Gasteiger partial charge < -0.3 is 5.32 Å². The lowest BCUT2D eigenvalue weighted by atomic mass is 10.0. The van der Waals surface area contributed by atoms with Crippen molar-refractivity contribution in [2.24, 2.45) is 0 Å². The van der Waals surface area contributed by atoms with E-state index in [-0.39, 0.29) is 0 Å². The van der Waals surface area contributed by atoms with Crippen molar-refractivity contribution in [2.45, 2.75) is 52.4 Å². The monoisotopic (exact) mass is 306 g/mol. The van der Waals surface area contributed by atoms with E-state index in [9.17, 15) is 5.26 Å². The molecule has 0 aromatic carbocycles. The van der Waals surface area contributed by atoms with Crippen LogP contribution in [-0.2, 0) is 12.8 Å². The fourth-order valence-electron chi connectivity index (χ4n) is 2.35. The molecule has 0 saturated heterocycles. The number of rotatable bonds is 10. The Labute approximate surface area is 132 Å². The van der Waals surface area contributed by atoms with E-state index in [1.54, 1.807) is 0 Å². The first-order valence-corrected chi connectivity index (χ1v) is 9.19. The Hall–Kier alpha value is -1.28. The number of hydrogen-bond donors (Lipinski definition) is 1. The summed E-state index contributed by atoms with van der Waals surface area (Å²) in [7, 11) is 0. The summed E-state index contributed by atoms with van der Waals surface area (Å²) in [4.78, 5) is 0. The highest BCUT2D eigenvalue weighted by Crippen LogP contribution is 2.20. The van der Waals surface area contributed by atoms with Crippen molar-refractivity contribution in [3.8, 4) is 6.07 Å². The van der Waals surface area contributed by atoms with Gasteiger partial charge in [-0.2, -0.15) is 22.1 Å². The van der Waals surface area contributed by atoms with E-state index in [1.807, 2.05) is 18.7 Å². The van der Waals surface area contributed by atoms with E-state index in [0.717, 1.165) is 37.1 Å². The molecular formula is C16H26N4S. The predicted octanol–water partition coefficient (Wildman–Crippen LogP) is 3.81. The van der Waals surface area contributed by atoms with Crippen molar-refractivity contribution in [1.29, 1.82) is 5.26 Å². The van der Waals surface area contributed by atoms with E-state index in [1.165, 1.54) is 25.0 Å². The summed E-state index contributed by atoms with van der Waals surface area (Å²) >= 11 is 1.90. The van der Waals surface area contributed by atoms with Crippen LogP contribution in [0.1, 0.15) is 56.4 Å². The molecule has 0 spiro atoms. The lowest BCUT2D eigenvalue weighted by molar-refractivity contribution is 0.687. The fourth-order valence-corrected chi connectivity index (χ4v) is 2.84. The van der Waals surface area contributed by atoms with Crippen LogP contribution < -0.4 is 5.32 Å². The number of nitrogens with zero attached hydrogens (tertiary/aromatic N) is 3. The molecule has 0 amide bonds. The molecule has 0 atom stereocenters. The van der Waals surface area contributed by atoms with E-state index in [4.69, 9.17) is 0 Å². The van der Waals surface area contributed by atoms with Gasteiger partial charge in [0.1, 0.15) is 11.6 Å². The van der Waals surface area contributed by atoms with Crippen molar-refractivity contribution < 1.29 is 0 Å². The minimum atomic E-state index is 0.649. The maximum absolute atomic E-state index is 9.39. The molecule has 0 radical (unpaired) electrons. The Kier molecular flexibility index (Phi) is 8.84. The number of thioether (sulfide) groups is 1. The van der Waals surface area contributed by atoms with Crippen molar-refractivity contribution in [3.63, 3.8) is 0 Å². The van der Waals surface area contributed by atoms with Gasteiger partial charge in [0.15, 0.2) is 5.82 Å². The molecule has 0 saturated carbocycles. The normalized spacial score (nSPS) is 10.4. The van der Waals surface area contributed by atoms with Crippen LogP contribution in [0.3, 0.4) is 0 Å². The van der Waals surface area contributed by atoms with Gasteiger partial charge in [-0.1, -0.05) is 26.7 Å². The van der Waals surface area contributed by atoms with Crippen molar-refractivity contribution in [3.05, 3.63) is 16.8 Å². The molecule has 4 nitrogen and oxygen atoms in total. The van der Waals surface area contributed by atoms with E-state index in [0.29, 0.717) is 11.4 Å². The third-order valence-electron chi connectivity index (χ3n) is 3.53. The fraction of sp³-hybridized carbons (Fsp3) is 0.688. The molecule has 1 aromatic heterocycles.